The van der Waals surface area contributed by atoms with E-state index in [0.29, 0.717) is 22.4 Å². The van der Waals surface area contributed by atoms with E-state index in [1.807, 2.05) is 6.07 Å². The highest BCUT2D eigenvalue weighted by Gasteiger charge is 2.49. The predicted octanol–water partition coefficient (Wildman–Crippen LogP) is 2.22. The van der Waals surface area contributed by atoms with Gasteiger partial charge in [-0.3, -0.25) is 14.5 Å². The van der Waals surface area contributed by atoms with Gasteiger partial charge in [-0.05, 0) is 36.8 Å². The highest BCUT2D eigenvalue weighted by atomic mass is 16.5. The SMILES string of the molecule is COc1cccc(C(=O)CN2C(=O)N[C@](C)(c3ccc(C#N)cc3)C2=O)c1. The van der Waals surface area contributed by atoms with Crippen LogP contribution in [-0.2, 0) is 10.3 Å². The number of Topliss-reactive ketones (excluding diaryl/α,β-unsaturated/α-hetero) is 1. The molecule has 1 N–H and O–H groups in total. The van der Waals surface area contributed by atoms with Gasteiger partial charge >= 0.3 is 6.03 Å². The molecule has 1 fully saturated rings. The summed E-state index contributed by atoms with van der Waals surface area (Å²) in [6.07, 6.45) is 0. The highest BCUT2D eigenvalue weighted by molar-refractivity contribution is 6.11. The van der Waals surface area contributed by atoms with Gasteiger partial charge in [-0.1, -0.05) is 24.3 Å². The van der Waals surface area contributed by atoms with Crippen molar-refractivity contribution in [3.05, 3.63) is 65.2 Å². The zero-order valence-corrected chi connectivity index (χ0v) is 14.9. The molecule has 136 valence electrons. The second-order valence-corrected chi connectivity index (χ2v) is 6.29. The fraction of sp³-hybridized carbons (Fsp3) is 0.200. The molecule has 0 aromatic heterocycles. The van der Waals surface area contributed by atoms with E-state index in [-0.39, 0.29) is 12.3 Å². The van der Waals surface area contributed by atoms with Crippen molar-refractivity contribution in [2.24, 2.45) is 0 Å². The molecule has 1 aliphatic rings. The van der Waals surface area contributed by atoms with Crippen molar-refractivity contribution in [3.8, 4) is 11.8 Å². The van der Waals surface area contributed by atoms with Crippen LogP contribution in [0, 0.1) is 11.3 Å². The van der Waals surface area contributed by atoms with Crippen LogP contribution in [0.3, 0.4) is 0 Å². The topological polar surface area (TPSA) is 99.5 Å². The van der Waals surface area contributed by atoms with Gasteiger partial charge in [0.05, 0.1) is 25.3 Å². The number of hydrogen-bond acceptors (Lipinski definition) is 5. The molecule has 7 heteroatoms. The molecule has 0 bridgehead atoms. The van der Waals surface area contributed by atoms with Crippen molar-refractivity contribution < 1.29 is 19.1 Å². The standard InChI is InChI=1S/C20H17N3O4/c1-20(15-8-6-13(11-21)7-9-15)18(25)23(19(26)22-20)12-17(24)14-4-3-5-16(10-14)27-2/h3-10H,12H2,1-2H3,(H,22,26)/t20-/m1/s1. The number of nitrogens with one attached hydrogen (secondary N) is 1. The van der Waals surface area contributed by atoms with E-state index in [4.69, 9.17) is 10.00 Å². The molecule has 3 rings (SSSR count). The van der Waals surface area contributed by atoms with Gasteiger partial charge in [0, 0.05) is 5.56 Å². The number of rotatable bonds is 5. The number of urea groups is 1. The van der Waals surface area contributed by atoms with Gasteiger partial charge in [-0.2, -0.15) is 5.26 Å². The molecule has 0 spiro atoms. The van der Waals surface area contributed by atoms with Gasteiger partial charge in [0.1, 0.15) is 11.3 Å². The minimum absolute atomic E-state index is 0.349. The minimum Gasteiger partial charge on any atom is -0.497 e. The van der Waals surface area contributed by atoms with Crippen LogP contribution in [0.4, 0.5) is 4.79 Å². The third kappa shape index (κ3) is 3.25. The maximum atomic E-state index is 12.9. The summed E-state index contributed by atoms with van der Waals surface area (Å²) >= 11 is 0. The number of benzene rings is 2. The monoisotopic (exact) mass is 363 g/mol. The highest BCUT2D eigenvalue weighted by Crippen LogP contribution is 2.29. The van der Waals surface area contributed by atoms with Crippen LogP contribution in [0.1, 0.15) is 28.4 Å². The maximum Gasteiger partial charge on any atom is 0.325 e. The summed E-state index contributed by atoms with van der Waals surface area (Å²) in [5.74, 6) is -0.379. The third-order valence-electron chi connectivity index (χ3n) is 4.56. The van der Waals surface area contributed by atoms with E-state index in [1.54, 1.807) is 55.5 Å². The first-order chi connectivity index (χ1) is 12.9. The lowest BCUT2D eigenvalue weighted by Crippen LogP contribution is -2.41. The Kier molecular flexibility index (Phi) is 4.65. The first-order valence-electron chi connectivity index (χ1n) is 8.21. The molecule has 1 atom stereocenters. The van der Waals surface area contributed by atoms with E-state index in [1.165, 1.54) is 7.11 Å². The molecule has 1 aliphatic heterocycles. The summed E-state index contributed by atoms with van der Waals surface area (Å²) in [5, 5.41) is 11.5. The van der Waals surface area contributed by atoms with Crippen molar-refractivity contribution >= 4 is 17.7 Å². The van der Waals surface area contributed by atoms with Crippen molar-refractivity contribution in [3.63, 3.8) is 0 Å². The van der Waals surface area contributed by atoms with Crippen LogP contribution in [-0.4, -0.2) is 36.3 Å². The predicted molar refractivity (Wildman–Crippen MR) is 96.1 cm³/mol. The Hall–Kier alpha value is -3.66. The Morgan fingerprint density at radius 2 is 1.93 bits per heavy atom. The summed E-state index contributed by atoms with van der Waals surface area (Å²) in [6.45, 7) is 1.20. The molecule has 1 heterocycles. The largest absolute Gasteiger partial charge is 0.497 e. The number of carbonyl (C=O) groups is 3. The molecule has 2 aromatic rings. The molecular weight excluding hydrogens is 346 g/mol. The van der Waals surface area contributed by atoms with Crippen LogP contribution in [0.25, 0.3) is 0 Å². The zero-order chi connectivity index (χ0) is 19.6. The number of hydrogen-bond donors (Lipinski definition) is 1. The molecule has 0 unspecified atom stereocenters. The van der Waals surface area contributed by atoms with Crippen molar-refractivity contribution in [1.82, 2.24) is 10.2 Å². The molecule has 27 heavy (non-hydrogen) atoms. The Morgan fingerprint density at radius 3 is 2.56 bits per heavy atom. The quantitative estimate of drug-likeness (QED) is 0.649. The van der Waals surface area contributed by atoms with Crippen molar-refractivity contribution in [2.75, 3.05) is 13.7 Å². The van der Waals surface area contributed by atoms with Crippen LogP contribution in [0.15, 0.2) is 48.5 Å². The maximum absolute atomic E-state index is 12.9. The van der Waals surface area contributed by atoms with Gasteiger partial charge in [-0.15, -0.1) is 0 Å². The van der Waals surface area contributed by atoms with E-state index in [2.05, 4.69) is 5.32 Å². The second kappa shape index (κ2) is 6.92. The fourth-order valence-electron chi connectivity index (χ4n) is 2.95. The zero-order valence-electron chi connectivity index (χ0n) is 14.9. The number of ketones is 1. The molecule has 1 saturated heterocycles. The van der Waals surface area contributed by atoms with Gasteiger partial charge < -0.3 is 10.1 Å². The normalized spacial score (nSPS) is 18.8. The summed E-state index contributed by atoms with van der Waals surface area (Å²) in [4.78, 5) is 38.7. The Bertz CT molecular complexity index is 962. The van der Waals surface area contributed by atoms with Gasteiger partial charge in [0.2, 0.25) is 0 Å². The van der Waals surface area contributed by atoms with E-state index in [9.17, 15) is 14.4 Å². The first-order valence-corrected chi connectivity index (χ1v) is 8.21. The van der Waals surface area contributed by atoms with Gasteiger partial charge in [0.15, 0.2) is 5.78 Å². The average molecular weight is 363 g/mol. The number of imide groups is 1. The number of nitrogens with zero attached hydrogens (tertiary/aromatic N) is 2. The van der Waals surface area contributed by atoms with Crippen LogP contribution in [0.5, 0.6) is 5.75 Å². The van der Waals surface area contributed by atoms with Crippen LogP contribution < -0.4 is 10.1 Å². The van der Waals surface area contributed by atoms with E-state index in [0.717, 1.165) is 4.90 Å². The van der Waals surface area contributed by atoms with Gasteiger partial charge in [-0.25, -0.2) is 4.79 Å². The fourth-order valence-corrected chi connectivity index (χ4v) is 2.95. The molecule has 3 amide bonds. The summed E-state index contributed by atoms with van der Waals surface area (Å²) < 4.78 is 5.09. The summed E-state index contributed by atoms with van der Waals surface area (Å²) in [6, 6.07) is 14.3. The number of amides is 3. The second-order valence-electron chi connectivity index (χ2n) is 6.29. The van der Waals surface area contributed by atoms with Crippen LogP contribution in [0.2, 0.25) is 0 Å². The van der Waals surface area contributed by atoms with E-state index < -0.39 is 17.5 Å². The number of methoxy groups -OCH3 is 1. The Labute approximate surface area is 156 Å². The van der Waals surface area contributed by atoms with Crippen molar-refractivity contribution in [1.29, 1.82) is 5.26 Å². The Balaban J connectivity index is 1.83. The smallest absolute Gasteiger partial charge is 0.325 e. The molecular formula is C20H17N3O4. The summed E-state index contributed by atoms with van der Waals surface area (Å²) in [7, 11) is 1.49. The molecule has 0 aliphatic carbocycles. The molecule has 0 radical (unpaired) electrons. The van der Waals surface area contributed by atoms with Crippen molar-refractivity contribution in [2.45, 2.75) is 12.5 Å². The number of ether oxygens (including phenoxy) is 1. The molecule has 7 nitrogen and oxygen atoms in total. The third-order valence-corrected chi connectivity index (χ3v) is 4.56. The minimum atomic E-state index is -1.29. The summed E-state index contributed by atoms with van der Waals surface area (Å²) in [5.41, 5.74) is 0.0435. The lowest BCUT2D eigenvalue weighted by Gasteiger charge is -2.22. The van der Waals surface area contributed by atoms with Crippen LogP contribution >= 0.6 is 0 Å². The lowest BCUT2D eigenvalue weighted by atomic mass is 9.91. The number of carbonyl (C=O) groups excluding carboxylic acids is 3. The number of nitriles is 1. The molecule has 0 saturated carbocycles. The lowest BCUT2D eigenvalue weighted by molar-refractivity contribution is -0.130. The van der Waals surface area contributed by atoms with E-state index >= 15 is 0 Å². The first kappa shape index (κ1) is 18.1. The Morgan fingerprint density at radius 1 is 1.22 bits per heavy atom. The average Bonchev–Trinajstić information content (AvgIpc) is 2.92. The molecule has 2 aromatic carbocycles. The van der Waals surface area contributed by atoms with Gasteiger partial charge in [0.25, 0.3) is 5.91 Å².